The van der Waals surface area contributed by atoms with Crippen molar-refractivity contribution in [3.05, 3.63) is 69.7 Å². The van der Waals surface area contributed by atoms with Gasteiger partial charge in [0.05, 0.1) is 17.2 Å². The maximum absolute atomic E-state index is 13.5. The molecule has 1 aromatic heterocycles. The molecule has 3 rings (SSSR count). The van der Waals surface area contributed by atoms with E-state index >= 15 is 0 Å². The molecule has 122 valence electrons. The SMILES string of the molecule is O=C(Cn1cnc2ccc(Cl)cc2c1=O)Nc1c(F)cccc1F. The third-order valence-corrected chi connectivity index (χ3v) is 3.56. The van der Waals surface area contributed by atoms with Crippen molar-refractivity contribution in [2.75, 3.05) is 5.32 Å². The monoisotopic (exact) mass is 349 g/mol. The lowest BCUT2D eigenvalue weighted by Crippen LogP contribution is -2.28. The third kappa shape index (κ3) is 3.11. The highest BCUT2D eigenvalue weighted by molar-refractivity contribution is 6.31. The van der Waals surface area contributed by atoms with Crippen LogP contribution in [0.4, 0.5) is 14.5 Å². The molecule has 0 unspecified atom stereocenters. The average Bonchev–Trinajstić information content (AvgIpc) is 2.54. The summed E-state index contributed by atoms with van der Waals surface area (Å²) in [7, 11) is 0. The van der Waals surface area contributed by atoms with Gasteiger partial charge in [-0.1, -0.05) is 17.7 Å². The first-order valence-electron chi connectivity index (χ1n) is 6.84. The molecule has 0 atom stereocenters. The Balaban J connectivity index is 1.88. The van der Waals surface area contributed by atoms with Gasteiger partial charge < -0.3 is 5.32 Å². The van der Waals surface area contributed by atoms with Crippen LogP contribution in [0, 0.1) is 11.6 Å². The van der Waals surface area contributed by atoms with Crippen LogP contribution in [0.3, 0.4) is 0 Å². The molecule has 5 nitrogen and oxygen atoms in total. The van der Waals surface area contributed by atoms with Gasteiger partial charge in [-0.3, -0.25) is 14.2 Å². The molecule has 0 aliphatic heterocycles. The van der Waals surface area contributed by atoms with Gasteiger partial charge in [-0.25, -0.2) is 13.8 Å². The molecule has 8 heteroatoms. The topological polar surface area (TPSA) is 64.0 Å². The number of nitrogens with one attached hydrogen (secondary N) is 1. The zero-order chi connectivity index (χ0) is 17.3. The molecule has 0 aliphatic carbocycles. The van der Waals surface area contributed by atoms with Gasteiger partial charge >= 0.3 is 0 Å². The number of hydrogen-bond donors (Lipinski definition) is 1. The molecule has 1 amide bonds. The molecular weight excluding hydrogens is 340 g/mol. The van der Waals surface area contributed by atoms with Crippen LogP contribution < -0.4 is 10.9 Å². The summed E-state index contributed by atoms with van der Waals surface area (Å²) in [4.78, 5) is 28.4. The zero-order valence-corrected chi connectivity index (χ0v) is 12.8. The lowest BCUT2D eigenvalue weighted by Gasteiger charge is -2.09. The lowest BCUT2D eigenvalue weighted by atomic mass is 10.2. The Bertz CT molecular complexity index is 984. The Morgan fingerprint density at radius 1 is 1.21 bits per heavy atom. The smallest absolute Gasteiger partial charge is 0.261 e. The molecule has 0 fully saturated rings. The van der Waals surface area contributed by atoms with E-state index in [4.69, 9.17) is 11.6 Å². The summed E-state index contributed by atoms with van der Waals surface area (Å²) in [6.45, 7) is -0.442. The maximum atomic E-state index is 13.5. The number of para-hydroxylation sites is 1. The Morgan fingerprint density at radius 3 is 2.62 bits per heavy atom. The zero-order valence-electron chi connectivity index (χ0n) is 12.1. The van der Waals surface area contributed by atoms with Gasteiger partial charge in [-0.05, 0) is 30.3 Å². The molecule has 1 heterocycles. The van der Waals surface area contributed by atoms with Crippen molar-refractivity contribution in [3.8, 4) is 0 Å². The van der Waals surface area contributed by atoms with E-state index in [9.17, 15) is 18.4 Å². The first-order chi connectivity index (χ1) is 11.5. The van der Waals surface area contributed by atoms with Gasteiger partial charge in [0.25, 0.3) is 5.56 Å². The third-order valence-electron chi connectivity index (χ3n) is 3.33. The van der Waals surface area contributed by atoms with Crippen LogP contribution in [-0.2, 0) is 11.3 Å². The molecule has 0 bridgehead atoms. The highest BCUT2D eigenvalue weighted by Crippen LogP contribution is 2.18. The van der Waals surface area contributed by atoms with E-state index in [1.807, 2.05) is 0 Å². The van der Waals surface area contributed by atoms with E-state index in [0.29, 0.717) is 10.5 Å². The maximum Gasteiger partial charge on any atom is 0.261 e. The van der Waals surface area contributed by atoms with Crippen molar-refractivity contribution in [3.63, 3.8) is 0 Å². The fourth-order valence-corrected chi connectivity index (χ4v) is 2.37. The number of halogens is 3. The summed E-state index contributed by atoms with van der Waals surface area (Å²) >= 11 is 5.85. The minimum atomic E-state index is -0.904. The molecule has 3 aromatic rings. The van der Waals surface area contributed by atoms with E-state index in [1.165, 1.54) is 18.5 Å². The first kappa shape index (κ1) is 16.1. The van der Waals surface area contributed by atoms with Crippen LogP contribution in [0.1, 0.15) is 0 Å². The number of fused-ring (bicyclic) bond motifs is 1. The number of benzene rings is 2. The highest BCUT2D eigenvalue weighted by atomic mass is 35.5. The standard InChI is InChI=1S/C16H10ClF2N3O2/c17-9-4-5-13-10(6-9)16(24)22(8-20-13)7-14(23)21-15-11(18)2-1-3-12(15)19/h1-6,8H,7H2,(H,21,23). The fourth-order valence-electron chi connectivity index (χ4n) is 2.19. The van der Waals surface area contributed by atoms with E-state index in [2.05, 4.69) is 10.3 Å². The van der Waals surface area contributed by atoms with Crippen molar-refractivity contribution in [2.24, 2.45) is 0 Å². The van der Waals surface area contributed by atoms with Crippen LogP contribution in [0.25, 0.3) is 10.9 Å². The van der Waals surface area contributed by atoms with Crippen molar-refractivity contribution < 1.29 is 13.6 Å². The summed E-state index contributed by atoms with van der Waals surface area (Å²) in [6, 6.07) is 7.83. The average molecular weight is 350 g/mol. The molecule has 1 N–H and O–H groups in total. The largest absolute Gasteiger partial charge is 0.320 e. The number of carbonyl (C=O) groups excluding carboxylic acids is 1. The second-order valence-corrected chi connectivity index (χ2v) is 5.42. The predicted octanol–water partition coefficient (Wildman–Crippen LogP) is 2.97. The van der Waals surface area contributed by atoms with Gasteiger partial charge in [0.1, 0.15) is 23.9 Å². The minimum absolute atomic E-state index is 0.245. The molecule has 24 heavy (non-hydrogen) atoms. The molecule has 0 radical (unpaired) electrons. The van der Waals surface area contributed by atoms with Crippen molar-refractivity contribution in [1.29, 1.82) is 0 Å². The number of carbonyl (C=O) groups is 1. The summed E-state index contributed by atoms with van der Waals surface area (Å²) in [5.74, 6) is -2.57. The Hall–Kier alpha value is -2.80. The van der Waals surface area contributed by atoms with Gasteiger partial charge in [0.2, 0.25) is 5.91 Å². The summed E-state index contributed by atoms with van der Waals surface area (Å²) in [5, 5.41) is 2.71. The van der Waals surface area contributed by atoms with Gasteiger partial charge in [-0.2, -0.15) is 0 Å². The van der Waals surface area contributed by atoms with Gasteiger partial charge in [0, 0.05) is 5.02 Å². The van der Waals surface area contributed by atoms with Crippen LogP contribution in [0.5, 0.6) is 0 Å². The molecule has 2 aromatic carbocycles. The summed E-state index contributed by atoms with van der Waals surface area (Å²) in [5.41, 5.74) is -0.611. The van der Waals surface area contributed by atoms with Crippen LogP contribution in [-0.4, -0.2) is 15.5 Å². The highest BCUT2D eigenvalue weighted by Gasteiger charge is 2.13. The van der Waals surface area contributed by atoms with Crippen LogP contribution in [0.2, 0.25) is 5.02 Å². The summed E-state index contributed by atoms with van der Waals surface area (Å²) in [6.07, 6.45) is 1.19. The first-order valence-corrected chi connectivity index (χ1v) is 7.22. The van der Waals surface area contributed by atoms with E-state index in [1.54, 1.807) is 12.1 Å². The Morgan fingerprint density at radius 2 is 1.92 bits per heavy atom. The Labute approximate surface area is 139 Å². The second-order valence-electron chi connectivity index (χ2n) is 4.98. The van der Waals surface area contributed by atoms with Gasteiger partial charge in [0.15, 0.2) is 0 Å². The predicted molar refractivity (Wildman–Crippen MR) is 86.0 cm³/mol. The second kappa shape index (κ2) is 6.37. The molecular formula is C16H10ClF2N3O2. The van der Waals surface area contributed by atoms with E-state index in [-0.39, 0.29) is 5.39 Å². The number of rotatable bonds is 3. The number of hydrogen-bond acceptors (Lipinski definition) is 3. The van der Waals surface area contributed by atoms with Gasteiger partial charge in [-0.15, -0.1) is 0 Å². The number of nitrogens with zero attached hydrogens (tertiary/aromatic N) is 2. The summed E-state index contributed by atoms with van der Waals surface area (Å²) < 4.78 is 28.1. The van der Waals surface area contributed by atoms with E-state index in [0.717, 1.165) is 16.7 Å². The van der Waals surface area contributed by atoms with Crippen molar-refractivity contribution in [1.82, 2.24) is 9.55 Å². The number of amides is 1. The van der Waals surface area contributed by atoms with Crippen LogP contribution in [0.15, 0.2) is 47.5 Å². The fraction of sp³-hybridized carbons (Fsp3) is 0.0625. The molecule has 0 aliphatic rings. The number of aromatic nitrogens is 2. The lowest BCUT2D eigenvalue weighted by molar-refractivity contribution is -0.116. The van der Waals surface area contributed by atoms with Crippen molar-refractivity contribution in [2.45, 2.75) is 6.54 Å². The minimum Gasteiger partial charge on any atom is -0.320 e. The quantitative estimate of drug-likeness (QED) is 0.790. The number of anilines is 1. The molecule has 0 saturated carbocycles. The Kier molecular flexibility index (Phi) is 4.26. The van der Waals surface area contributed by atoms with Crippen LogP contribution >= 0.6 is 11.6 Å². The van der Waals surface area contributed by atoms with E-state index < -0.39 is 35.3 Å². The molecule has 0 spiro atoms. The molecule has 0 saturated heterocycles. The van der Waals surface area contributed by atoms with Crippen molar-refractivity contribution >= 4 is 34.1 Å². The normalized spacial score (nSPS) is 10.8.